The Labute approximate surface area is 152 Å². The van der Waals surface area contributed by atoms with Crippen molar-refractivity contribution in [2.24, 2.45) is 5.92 Å². The van der Waals surface area contributed by atoms with Crippen molar-refractivity contribution in [3.05, 3.63) is 40.1 Å². The molecule has 1 aliphatic rings. The molecule has 0 saturated carbocycles. The Hall–Kier alpha value is -1.40. The van der Waals surface area contributed by atoms with E-state index in [2.05, 4.69) is 83.0 Å². The van der Waals surface area contributed by atoms with E-state index in [0.717, 1.165) is 36.5 Å². The fourth-order valence-electron chi connectivity index (χ4n) is 3.07. The zero-order chi connectivity index (χ0) is 17.3. The molecular weight excluding hydrogens is 368 g/mol. The van der Waals surface area contributed by atoms with Gasteiger partial charge in [-0.25, -0.2) is 0 Å². The molecule has 1 aliphatic heterocycles. The van der Waals surface area contributed by atoms with Crippen molar-refractivity contribution in [1.82, 2.24) is 15.0 Å². The number of halogens is 1. The van der Waals surface area contributed by atoms with Crippen molar-refractivity contribution >= 4 is 21.9 Å². The van der Waals surface area contributed by atoms with Crippen LogP contribution in [0.15, 0.2) is 33.3 Å². The molecule has 0 N–H and O–H groups in total. The first kappa shape index (κ1) is 17.4. The summed E-state index contributed by atoms with van der Waals surface area (Å²) < 4.78 is 6.69. The van der Waals surface area contributed by atoms with Gasteiger partial charge in [0.05, 0.1) is 5.41 Å². The minimum absolute atomic E-state index is 0.283. The van der Waals surface area contributed by atoms with Crippen LogP contribution < -0.4 is 4.90 Å². The van der Waals surface area contributed by atoms with Gasteiger partial charge in [-0.1, -0.05) is 47.1 Å². The van der Waals surface area contributed by atoms with Crippen molar-refractivity contribution in [3.8, 4) is 0 Å². The number of anilines is 1. The molecule has 24 heavy (non-hydrogen) atoms. The van der Waals surface area contributed by atoms with Crippen LogP contribution in [0.4, 0.5) is 6.01 Å². The summed E-state index contributed by atoms with van der Waals surface area (Å²) in [7, 11) is 2.14. The minimum atomic E-state index is -0.283. The average Bonchev–Trinajstić information content (AvgIpc) is 3.05. The lowest BCUT2D eigenvalue weighted by Gasteiger charge is -2.32. The first-order valence-corrected chi connectivity index (χ1v) is 9.24. The second kappa shape index (κ2) is 6.84. The molecule has 2 aromatic rings. The Morgan fingerprint density at radius 1 is 1.12 bits per heavy atom. The van der Waals surface area contributed by atoms with Gasteiger partial charge in [-0.05, 0) is 37.6 Å². The quantitative estimate of drug-likeness (QED) is 0.795. The molecule has 130 valence electrons. The van der Waals surface area contributed by atoms with Gasteiger partial charge in [0.25, 0.3) is 0 Å². The van der Waals surface area contributed by atoms with Gasteiger partial charge in [-0.3, -0.25) is 0 Å². The topological polar surface area (TPSA) is 45.4 Å². The van der Waals surface area contributed by atoms with E-state index < -0.39 is 0 Å². The number of piperazine rings is 1. The van der Waals surface area contributed by atoms with Crippen molar-refractivity contribution in [1.29, 1.82) is 0 Å². The van der Waals surface area contributed by atoms with Crippen LogP contribution in [-0.2, 0) is 5.41 Å². The van der Waals surface area contributed by atoms with Crippen molar-refractivity contribution in [2.45, 2.75) is 26.2 Å². The number of aromatic nitrogens is 2. The molecule has 0 bridgehead atoms. The summed E-state index contributed by atoms with van der Waals surface area (Å²) in [6.45, 7) is 10.5. The maximum absolute atomic E-state index is 5.62. The summed E-state index contributed by atoms with van der Waals surface area (Å²) in [4.78, 5) is 9.26. The summed E-state index contributed by atoms with van der Waals surface area (Å²) in [5.74, 6) is 1.10. The summed E-state index contributed by atoms with van der Waals surface area (Å²) in [5.41, 5.74) is 0.918. The summed E-state index contributed by atoms with van der Waals surface area (Å²) in [6.07, 6.45) is 0. The molecular formula is C18H25BrN4O. The third-order valence-corrected chi connectivity index (χ3v) is 5.78. The van der Waals surface area contributed by atoms with E-state index in [4.69, 9.17) is 9.51 Å². The Morgan fingerprint density at radius 3 is 2.33 bits per heavy atom. The van der Waals surface area contributed by atoms with Gasteiger partial charge in [0.2, 0.25) is 0 Å². The second-order valence-electron chi connectivity index (χ2n) is 7.05. The SMILES string of the molecule is CC(C)C(C)(c1ccc(Br)cc1)c1noc(N2CCN(C)CC2)n1. The first-order chi connectivity index (χ1) is 11.4. The summed E-state index contributed by atoms with van der Waals surface area (Å²) in [5, 5.41) is 4.35. The van der Waals surface area contributed by atoms with Crippen LogP contribution in [0.3, 0.4) is 0 Å². The average molecular weight is 393 g/mol. The highest BCUT2D eigenvalue weighted by Crippen LogP contribution is 2.38. The standard InChI is InChI=1S/C18H25BrN4O/c1-13(2)18(3,14-5-7-15(19)8-6-14)16-20-17(24-21-16)23-11-9-22(4)10-12-23/h5-8,13H,9-12H2,1-4H3. The van der Waals surface area contributed by atoms with Crippen LogP contribution in [0.2, 0.25) is 0 Å². The Morgan fingerprint density at radius 2 is 1.75 bits per heavy atom. The van der Waals surface area contributed by atoms with E-state index in [1.807, 2.05) is 0 Å². The predicted octanol–water partition coefficient (Wildman–Crippen LogP) is 3.55. The zero-order valence-electron chi connectivity index (χ0n) is 14.8. The molecule has 1 fully saturated rings. The van der Waals surface area contributed by atoms with E-state index in [1.165, 1.54) is 5.56 Å². The van der Waals surface area contributed by atoms with Gasteiger partial charge in [0.1, 0.15) is 0 Å². The Balaban J connectivity index is 1.91. The highest BCUT2D eigenvalue weighted by Gasteiger charge is 2.38. The van der Waals surface area contributed by atoms with E-state index >= 15 is 0 Å². The largest absolute Gasteiger partial charge is 0.324 e. The molecule has 2 heterocycles. The minimum Gasteiger partial charge on any atom is -0.322 e. The number of likely N-dealkylation sites (N-methyl/N-ethyl adjacent to an activating group) is 1. The normalized spacial score (nSPS) is 18.8. The molecule has 1 atom stereocenters. The number of hydrogen-bond donors (Lipinski definition) is 0. The molecule has 1 aromatic carbocycles. The van der Waals surface area contributed by atoms with Crippen molar-refractivity contribution in [3.63, 3.8) is 0 Å². The molecule has 5 nitrogen and oxygen atoms in total. The summed E-state index contributed by atoms with van der Waals surface area (Å²) in [6, 6.07) is 9.04. The number of hydrogen-bond acceptors (Lipinski definition) is 5. The monoisotopic (exact) mass is 392 g/mol. The van der Waals surface area contributed by atoms with E-state index in [-0.39, 0.29) is 5.41 Å². The van der Waals surface area contributed by atoms with Gasteiger partial charge in [-0.15, -0.1) is 0 Å². The van der Waals surface area contributed by atoms with Gasteiger partial charge in [0, 0.05) is 30.7 Å². The van der Waals surface area contributed by atoms with Crippen LogP contribution >= 0.6 is 15.9 Å². The zero-order valence-corrected chi connectivity index (χ0v) is 16.4. The summed E-state index contributed by atoms with van der Waals surface area (Å²) >= 11 is 3.51. The first-order valence-electron chi connectivity index (χ1n) is 8.45. The lowest BCUT2D eigenvalue weighted by molar-refractivity contribution is 0.297. The van der Waals surface area contributed by atoms with Crippen LogP contribution in [0.1, 0.15) is 32.2 Å². The van der Waals surface area contributed by atoms with Gasteiger partial charge >= 0.3 is 6.01 Å². The fourth-order valence-corrected chi connectivity index (χ4v) is 3.33. The molecule has 1 unspecified atom stereocenters. The van der Waals surface area contributed by atoms with E-state index in [1.54, 1.807) is 0 Å². The molecule has 1 aromatic heterocycles. The predicted molar refractivity (Wildman–Crippen MR) is 99.4 cm³/mol. The number of rotatable bonds is 4. The smallest absolute Gasteiger partial charge is 0.322 e. The van der Waals surface area contributed by atoms with Crippen molar-refractivity contribution in [2.75, 3.05) is 38.1 Å². The third kappa shape index (κ3) is 3.22. The second-order valence-corrected chi connectivity index (χ2v) is 7.97. The van der Waals surface area contributed by atoms with Crippen LogP contribution in [0, 0.1) is 5.92 Å². The molecule has 1 saturated heterocycles. The van der Waals surface area contributed by atoms with Gasteiger partial charge in [-0.2, -0.15) is 4.98 Å². The molecule has 6 heteroatoms. The van der Waals surface area contributed by atoms with Crippen LogP contribution in [-0.4, -0.2) is 48.3 Å². The molecule has 3 rings (SSSR count). The Bertz CT molecular complexity index is 677. The highest BCUT2D eigenvalue weighted by atomic mass is 79.9. The number of benzene rings is 1. The molecule has 0 amide bonds. The van der Waals surface area contributed by atoms with Crippen LogP contribution in [0.5, 0.6) is 0 Å². The number of nitrogens with zero attached hydrogens (tertiary/aromatic N) is 4. The molecule has 0 spiro atoms. The lowest BCUT2D eigenvalue weighted by atomic mass is 9.73. The molecule has 0 radical (unpaired) electrons. The maximum atomic E-state index is 5.62. The maximum Gasteiger partial charge on any atom is 0.324 e. The molecule has 0 aliphatic carbocycles. The van der Waals surface area contributed by atoms with E-state index in [0.29, 0.717) is 11.9 Å². The lowest BCUT2D eigenvalue weighted by Crippen LogP contribution is -2.44. The third-order valence-electron chi connectivity index (χ3n) is 5.25. The highest BCUT2D eigenvalue weighted by molar-refractivity contribution is 9.10. The van der Waals surface area contributed by atoms with Gasteiger partial charge < -0.3 is 14.3 Å². The fraction of sp³-hybridized carbons (Fsp3) is 0.556. The Kier molecular flexibility index (Phi) is 4.97. The van der Waals surface area contributed by atoms with Crippen molar-refractivity contribution < 1.29 is 4.52 Å². The van der Waals surface area contributed by atoms with Crippen LogP contribution in [0.25, 0.3) is 0 Å². The van der Waals surface area contributed by atoms with E-state index in [9.17, 15) is 0 Å². The van der Waals surface area contributed by atoms with Gasteiger partial charge in [0.15, 0.2) is 5.82 Å².